The second-order valence-corrected chi connectivity index (χ2v) is 3.95. The van der Waals surface area contributed by atoms with Crippen LogP contribution in [0.4, 0.5) is 0 Å². The van der Waals surface area contributed by atoms with Gasteiger partial charge in [-0.1, -0.05) is 32.6 Å². The van der Waals surface area contributed by atoms with Gasteiger partial charge in [0.1, 0.15) is 5.75 Å². The first-order valence-corrected chi connectivity index (χ1v) is 6.14. The van der Waals surface area contributed by atoms with Gasteiger partial charge in [0.15, 0.2) is 0 Å². The summed E-state index contributed by atoms with van der Waals surface area (Å²) in [6, 6.07) is 1.88. The van der Waals surface area contributed by atoms with E-state index in [-0.39, 0.29) is 0 Å². The van der Waals surface area contributed by atoms with Crippen molar-refractivity contribution in [2.45, 2.75) is 45.6 Å². The molecule has 0 atom stereocenters. The lowest BCUT2D eigenvalue weighted by molar-refractivity contribution is 0.301. The maximum absolute atomic E-state index is 5.69. The summed E-state index contributed by atoms with van der Waals surface area (Å²) in [5.74, 6) is 0.882. The van der Waals surface area contributed by atoms with Gasteiger partial charge in [-0.15, -0.1) is 0 Å². The van der Waals surface area contributed by atoms with Gasteiger partial charge in [0.25, 0.3) is 0 Å². The second kappa shape index (κ2) is 8.11. The fourth-order valence-corrected chi connectivity index (χ4v) is 1.60. The molecule has 1 aromatic rings. The first kappa shape index (κ1) is 13.0. The minimum absolute atomic E-state index is 0.485. The number of hydrogen-bond acceptors (Lipinski definition) is 3. The van der Waals surface area contributed by atoms with E-state index in [2.05, 4.69) is 11.9 Å². The summed E-state index contributed by atoms with van der Waals surface area (Å²) in [5, 5.41) is 0. The molecule has 0 aromatic carbocycles. The molecule has 0 aliphatic carbocycles. The van der Waals surface area contributed by atoms with Crippen molar-refractivity contribution in [2.75, 3.05) is 6.61 Å². The Bertz CT molecular complexity index is 289. The molecule has 90 valence electrons. The Morgan fingerprint density at radius 1 is 1.25 bits per heavy atom. The van der Waals surface area contributed by atoms with E-state index in [0.717, 1.165) is 24.3 Å². The van der Waals surface area contributed by atoms with Gasteiger partial charge < -0.3 is 10.5 Å². The van der Waals surface area contributed by atoms with E-state index in [0.29, 0.717) is 6.54 Å². The molecule has 16 heavy (non-hydrogen) atoms. The van der Waals surface area contributed by atoms with Crippen LogP contribution in [0.1, 0.15) is 44.6 Å². The number of unbranched alkanes of at least 4 members (excludes halogenated alkanes) is 4. The SMILES string of the molecule is CCCCCCCOc1ccncc1CN. The molecule has 1 heterocycles. The van der Waals surface area contributed by atoms with Crippen LogP contribution in [0.5, 0.6) is 5.75 Å². The molecule has 2 N–H and O–H groups in total. The highest BCUT2D eigenvalue weighted by atomic mass is 16.5. The highest BCUT2D eigenvalue weighted by Gasteiger charge is 2.00. The highest BCUT2D eigenvalue weighted by molar-refractivity contribution is 5.29. The van der Waals surface area contributed by atoms with E-state index in [1.807, 2.05) is 6.07 Å². The van der Waals surface area contributed by atoms with Crippen molar-refractivity contribution in [3.8, 4) is 5.75 Å². The molecule has 0 fully saturated rings. The highest BCUT2D eigenvalue weighted by Crippen LogP contribution is 2.16. The third-order valence-corrected chi connectivity index (χ3v) is 2.58. The number of hydrogen-bond donors (Lipinski definition) is 1. The van der Waals surface area contributed by atoms with Gasteiger partial charge in [0.2, 0.25) is 0 Å². The van der Waals surface area contributed by atoms with Crippen LogP contribution in [0.25, 0.3) is 0 Å². The molecule has 0 bridgehead atoms. The number of pyridine rings is 1. The standard InChI is InChI=1S/C13H22N2O/c1-2-3-4-5-6-9-16-13-7-8-15-11-12(13)10-14/h7-8,11H,2-6,9-10,14H2,1H3. The zero-order valence-corrected chi connectivity index (χ0v) is 10.1. The lowest BCUT2D eigenvalue weighted by Crippen LogP contribution is -2.04. The van der Waals surface area contributed by atoms with E-state index in [1.165, 1.54) is 25.7 Å². The topological polar surface area (TPSA) is 48.1 Å². The Kier molecular flexibility index (Phi) is 6.58. The Hall–Kier alpha value is -1.09. The average molecular weight is 222 g/mol. The van der Waals surface area contributed by atoms with Crippen molar-refractivity contribution >= 4 is 0 Å². The molecule has 1 aromatic heterocycles. The largest absolute Gasteiger partial charge is 0.493 e. The number of nitrogens with zero attached hydrogens (tertiary/aromatic N) is 1. The summed E-state index contributed by atoms with van der Waals surface area (Å²) in [7, 11) is 0. The fourth-order valence-electron chi connectivity index (χ4n) is 1.60. The summed E-state index contributed by atoms with van der Waals surface area (Å²) >= 11 is 0. The van der Waals surface area contributed by atoms with Crippen LogP contribution in [-0.2, 0) is 6.54 Å². The summed E-state index contributed by atoms with van der Waals surface area (Å²) in [6.07, 6.45) is 9.78. The Labute approximate surface area is 98.0 Å². The van der Waals surface area contributed by atoms with Crippen molar-refractivity contribution in [1.82, 2.24) is 4.98 Å². The smallest absolute Gasteiger partial charge is 0.126 e. The van der Waals surface area contributed by atoms with Crippen molar-refractivity contribution in [2.24, 2.45) is 5.73 Å². The quantitative estimate of drug-likeness (QED) is 0.688. The number of ether oxygens (including phenoxy) is 1. The molecule has 3 nitrogen and oxygen atoms in total. The Morgan fingerprint density at radius 2 is 2.06 bits per heavy atom. The van der Waals surface area contributed by atoms with E-state index in [4.69, 9.17) is 10.5 Å². The van der Waals surface area contributed by atoms with Crippen LogP contribution in [0.2, 0.25) is 0 Å². The van der Waals surface area contributed by atoms with Gasteiger partial charge in [-0.2, -0.15) is 0 Å². The molecule has 0 saturated heterocycles. The first-order valence-electron chi connectivity index (χ1n) is 6.14. The monoisotopic (exact) mass is 222 g/mol. The second-order valence-electron chi connectivity index (χ2n) is 3.95. The molecule has 0 spiro atoms. The number of nitrogens with two attached hydrogens (primary N) is 1. The first-order chi connectivity index (χ1) is 7.88. The molecule has 0 amide bonds. The van der Waals surface area contributed by atoms with Gasteiger partial charge in [0.05, 0.1) is 6.61 Å². The third kappa shape index (κ3) is 4.62. The van der Waals surface area contributed by atoms with Gasteiger partial charge in [-0.05, 0) is 12.5 Å². The molecular formula is C13H22N2O. The van der Waals surface area contributed by atoms with Crippen LogP contribution in [0.15, 0.2) is 18.5 Å². The average Bonchev–Trinajstić information content (AvgIpc) is 2.34. The Morgan fingerprint density at radius 3 is 2.81 bits per heavy atom. The zero-order chi connectivity index (χ0) is 11.6. The molecule has 1 rings (SSSR count). The van der Waals surface area contributed by atoms with Gasteiger partial charge in [-0.25, -0.2) is 0 Å². The minimum Gasteiger partial charge on any atom is -0.493 e. The van der Waals surface area contributed by atoms with E-state index in [9.17, 15) is 0 Å². The summed E-state index contributed by atoms with van der Waals surface area (Å²) < 4.78 is 5.69. The molecular weight excluding hydrogens is 200 g/mol. The van der Waals surface area contributed by atoms with Crippen molar-refractivity contribution in [1.29, 1.82) is 0 Å². The minimum atomic E-state index is 0.485. The van der Waals surface area contributed by atoms with Gasteiger partial charge in [-0.3, -0.25) is 4.98 Å². The summed E-state index contributed by atoms with van der Waals surface area (Å²) in [6.45, 7) is 3.49. The molecule has 3 heteroatoms. The summed E-state index contributed by atoms with van der Waals surface area (Å²) in [4.78, 5) is 4.02. The Balaban J connectivity index is 2.21. The zero-order valence-electron chi connectivity index (χ0n) is 10.1. The third-order valence-electron chi connectivity index (χ3n) is 2.58. The van der Waals surface area contributed by atoms with Crippen LogP contribution >= 0.6 is 0 Å². The molecule has 0 radical (unpaired) electrons. The van der Waals surface area contributed by atoms with Crippen molar-refractivity contribution in [3.63, 3.8) is 0 Å². The van der Waals surface area contributed by atoms with Gasteiger partial charge in [0, 0.05) is 24.5 Å². The lowest BCUT2D eigenvalue weighted by atomic mass is 10.2. The number of rotatable bonds is 8. The summed E-state index contributed by atoms with van der Waals surface area (Å²) in [5.41, 5.74) is 6.58. The predicted octanol–water partition coefficient (Wildman–Crippen LogP) is 2.89. The van der Waals surface area contributed by atoms with Crippen molar-refractivity contribution in [3.05, 3.63) is 24.0 Å². The van der Waals surface area contributed by atoms with E-state index < -0.39 is 0 Å². The molecule has 0 unspecified atom stereocenters. The van der Waals surface area contributed by atoms with E-state index >= 15 is 0 Å². The van der Waals surface area contributed by atoms with Crippen LogP contribution < -0.4 is 10.5 Å². The van der Waals surface area contributed by atoms with Crippen molar-refractivity contribution < 1.29 is 4.74 Å². The van der Waals surface area contributed by atoms with Gasteiger partial charge >= 0.3 is 0 Å². The molecule has 0 aliphatic rings. The normalized spacial score (nSPS) is 10.4. The fraction of sp³-hybridized carbons (Fsp3) is 0.615. The van der Waals surface area contributed by atoms with Crippen LogP contribution in [-0.4, -0.2) is 11.6 Å². The predicted molar refractivity (Wildman–Crippen MR) is 66.4 cm³/mol. The van der Waals surface area contributed by atoms with Crippen LogP contribution in [0.3, 0.4) is 0 Å². The maximum Gasteiger partial charge on any atom is 0.126 e. The molecule has 0 aliphatic heterocycles. The van der Waals surface area contributed by atoms with E-state index in [1.54, 1.807) is 12.4 Å². The lowest BCUT2D eigenvalue weighted by Gasteiger charge is -2.09. The maximum atomic E-state index is 5.69. The number of aromatic nitrogens is 1. The molecule has 0 saturated carbocycles. The van der Waals surface area contributed by atoms with Crippen LogP contribution in [0, 0.1) is 0 Å².